The summed E-state index contributed by atoms with van der Waals surface area (Å²) in [6.07, 6.45) is 0. The molecule has 0 aliphatic heterocycles. The van der Waals surface area contributed by atoms with Crippen molar-refractivity contribution in [3.63, 3.8) is 0 Å². The van der Waals surface area contributed by atoms with Gasteiger partial charge in [0.1, 0.15) is 11.3 Å². The molecule has 116 valence electrons. The fourth-order valence-corrected chi connectivity index (χ4v) is 2.42. The van der Waals surface area contributed by atoms with E-state index < -0.39 is 0 Å². The predicted molar refractivity (Wildman–Crippen MR) is 88.5 cm³/mol. The van der Waals surface area contributed by atoms with E-state index in [4.69, 9.17) is 4.42 Å². The number of likely N-dealkylation sites (N-methyl/N-ethyl adjacent to an activating group) is 2. The van der Waals surface area contributed by atoms with Crippen LogP contribution in [0.2, 0.25) is 0 Å². The maximum absolute atomic E-state index is 6.08. The zero-order valence-corrected chi connectivity index (χ0v) is 13.6. The molecular weight excluding hydrogens is 262 g/mol. The summed E-state index contributed by atoms with van der Waals surface area (Å²) < 4.78 is 6.08. The predicted octanol–water partition coefficient (Wildman–Crippen LogP) is 2.54. The molecule has 2 aromatic rings. The van der Waals surface area contributed by atoms with Crippen LogP contribution in [0, 0.1) is 0 Å². The molecule has 1 N–H and O–H groups in total. The molecule has 1 aromatic carbocycles. The highest BCUT2D eigenvalue weighted by molar-refractivity contribution is 5.82. The van der Waals surface area contributed by atoms with Crippen LogP contribution in [0.5, 0.6) is 0 Å². The van der Waals surface area contributed by atoms with Gasteiger partial charge >= 0.3 is 0 Å². The second-order valence-electron chi connectivity index (χ2n) is 5.82. The molecule has 21 heavy (non-hydrogen) atoms. The van der Waals surface area contributed by atoms with E-state index in [1.807, 2.05) is 12.1 Å². The van der Waals surface area contributed by atoms with Crippen LogP contribution in [0.3, 0.4) is 0 Å². The summed E-state index contributed by atoms with van der Waals surface area (Å²) in [5.41, 5.74) is 2.28. The molecule has 1 aromatic heterocycles. The van der Waals surface area contributed by atoms with Crippen molar-refractivity contribution in [2.24, 2.45) is 0 Å². The first-order chi connectivity index (χ1) is 10.1. The average Bonchev–Trinajstić information content (AvgIpc) is 2.80. The van der Waals surface area contributed by atoms with E-state index in [1.54, 1.807) is 0 Å². The normalized spacial score (nSPS) is 11.9. The Morgan fingerprint density at radius 1 is 1.10 bits per heavy atom. The van der Waals surface area contributed by atoms with Crippen LogP contribution in [0.1, 0.15) is 18.2 Å². The molecule has 0 aliphatic rings. The van der Waals surface area contributed by atoms with E-state index >= 15 is 0 Å². The van der Waals surface area contributed by atoms with Crippen molar-refractivity contribution in [3.8, 4) is 0 Å². The second kappa shape index (κ2) is 7.59. The van der Waals surface area contributed by atoms with Crippen LogP contribution >= 0.6 is 0 Å². The smallest absolute Gasteiger partial charge is 0.134 e. The lowest BCUT2D eigenvalue weighted by Gasteiger charge is -2.18. The summed E-state index contributed by atoms with van der Waals surface area (Å²) in [6, 6.07) is 8.30. The maximum Gasteiger partial charge on any atom is 0.134 e. The van der Waals surface area contributed by atoms with Gasteiger partial charge in [-0.15, -0.1) is 0 Å². The molecule has 2 rings (SSSR count). The van der Waals surface area contributed by atoms with Gasteiger partial charge < -0.3 is 14.6 Å². The first-order valence-electron chi connectivity index (χ1n) is 7.65. The Morgan fingerprint density at radius 2 is 1.86 bits per heavy atom. The van der Waals surface area contributed by atoms with Crippen LogP contribution < -0.4 is 5.32 Å². The minimum absolute atomic E-state index is 0.850. The molecular formula is C17H27N3O. The van der Waals surface area contributed by atoms with Gasteiger partial charge in [-0.05, 0) is 33.8 Å². The summed E-state index contributed by atoms with van der Waals surface area (Å²) in [5.74, 6) is 1.08. The quantitative estimate of drug-likeness (QED) is 0.809. The van der Waals surface area contributed by atoms with Crippen LogP contribution in [-0.2, 0) is 13.1 Å². The van der Waals surface area contributed by atoms with Crippen molar-refractivity contribution < 1.29 is 4.42 Å². The molecule has 0 saturated heterocycles. The average molecular weight is 289 g/mol. The Kier molecular flexibility index (Phi) is 5.79. The summed E-state index contributed by atoms with van der Waals surface area (Å²) in [7, 11) is 6.35. The van der Waals surface area contributed by atoms with Gasteiger partial charge in [0.2, 0.25) is 0 Å². The number of hydrogen-bond donors (Lipinski definition) is 1. The van der Waals surface area contributed by atoms with E-state index in [0.29, 0.717) is 0 Å². The molecule has 0 aliphatic carbocycles. The summed E-state index contributed by atoms with van der Waals surface area (Å²) in [4.78, 5) is 4.52. The number of para-hydroxylation sites is 1. The third kappa shape index (κ3) is 4.30. The van der Waals surface area contributed by atoms with Crippen molar-refractivity contribution in [2.45, 2.75) is 20.0 Å². The standard InChI is InChI=1S/C17H27N3O/c1-5-18-12-15-14-8-6-7-9-16(14)21-17(15)13-20(4)11-10-19(2)3/h6-9,18H,5,10-13H2,1-4H3. The fraction of sp³-hybridized carbons (Fsp3) is 0.529. The summed E-state index contributed by atoms with van der Waals surface area (Å²) >= 11 is 0. The molecule has 0 unspecified atom stereocenters. The second-order valence-corrected chi connectivity index (χ2v) is 5.82. The van der Waals surface area contributed by atoms with Crippen LogP contribution in [0.15, 0.2) is 28.7 Å². The molecule has 4 heteroatoms. The summed E-state index contributed by atoms with van der Waals surface area (Å²) in [6.45, 7) is 6.90. The largest absolute Gasteiger partial charge is 0.459 e. The number of nitrogens with one attached hydrogen (secondary N) is 1. The van der Waals surface area contributed by atoms with Crippen LogP contribution in [0.25, 0.3) is 11.0 Å². The highest BCUT2D eigenvalue weighted by Crippen LogP contribution is 2.26. The topological polar surface area (TPSA) is 31.6 Å². The minimum atomic E-state index is 0.850. The van der Waals surface area contributed by atoms with Gasteiger partial charge in [0.15, 0.2) is 0 Å². The Hall–Kier alpha value is -1.36. The minimum Gasteiger partial charge on any atom is -0.459 e. The third-order valence-electron chi connectivity index (χ3n) is 3.68. The van der Waals surface area contributed by atoms with Gasteiger partial charge in [-0.1, -0.05) is 25.1 Å². The number of rotatable bonds is 8. The molecule has 0 amide bonds. The van der Waals surface area contributed by atoms with Gasteiger partial charge in [-0.2, -0.15) is 0 Å². The lowest BCUT2D eigenvalue weighted by Crippen LogP contribution is -2.28. The van der Waals surface area contributed by atoms with Gasteiger partial charge in [0, 0.05) is 30.6 Å². The van der Waals surface area contributed by atoms with E-state index in [9.17, 15) is 0 Å². The molecule has 4 nitrogen and oxygen atoms in total. The highest BCUT2D eigenvalue weighted by Gasteiger charge is 2.15. The highest BCUT2D eigenvalue weighted by atomic mass is 16.3. The molecule has 0 radical (unpaired) electrons. The zero-order valence-electron chi connectivity index (χ0n) is 13.6. The SMILES string of the molecule is CCNCc1c(CN(C)CCN(C)C)oc2ccccc12. The molecule has 0 fully saturated rings. The van der Waals surface area contributed by atoms with Crippen molar-refractivity contribution >= 4 is 11.0 Å². The van der Waals surface area contributed by atoms with Gasteiger partial charge in [0.25, 0.3) is 0 Å². The van der Waals surface area contributed by atoms with Gasteiger partial charge in [-0.25, -0.2) is 0 Å². The number of hydrogen-bond acceptors (Lipinski definition) is 4. The number of furan rings is 1. The molecule has 0 atom stereocenters. The van der Waals surface area contributed by atoms with Crippen LogP contribution in [-0.4, -0.2) is 50.6 Å². The van der Waals surface area contributed by atoms with Gasteiger partial charge in [-0.3, -0.25) is 4.90 Å². The monoisotopic (exact) mass is 289 g/mol. The van der Waals surface area contributed by atoms with E-state index in [2.05, 4.69) is 55.3 Å². The fourth-order valence-electron chi connectivity index (χ4n) is 2.42. The zero-order chi connectivity index (χ0) is 15.2. The number of nitrogens with zero attached hydrogens (tertiary/aromatic N) is 2. The molecule has 0 saturated carbocycles. The molecule has 0 bridgehead atoms. The van der Waals surface area contributed by atoms with Gasteiger partial charge in [0.05, 0.1) is 6.54 Å². The summed E-state index contributed by atoms with van der Waals surface area (Å²) in [5, 5.41) is 4.65. The van der Waals surface area contributed by atoms with E-state index in [0.717, 1.165) is 44.1 Å². The van der Waals surface area contributed by atoms with Crippen molar-refractivity contribution in [1.29, 1.82) is 0 Å². The van der Waals surface area contributed by atoms with Crippen molar-refractivity contribution in [3.05, 3.63) is 35.6 Å². The third-order valence-corrected chi connectivity index (χ3v) is 3.68. The molecule has 1 heterocycles. The number of benzene rings is 1. The Bertz CT molecular complexity index is 562. The van der Waals surface area contributed by atoms with E-state index in [-0.39, 0.29) is 0 Å². The van der Waals surface area contributed by atoms with E-state index in [1.165, 1.54) is 10.9 Å². The lowest BCUT2D eigenvalue weighted by atomic mass is 10.1. The Labute approximate surface area is 127 Å². The molecule has 0 spiro atoms. The lowest BCUT2D eigenvalue weighted by molar-refractivity contribution is 0.259. The first-order valence-corrected chi connectivity index (χ1v) is 7.65. The van der Waals surface area contributed by atoms with Crippen LogP contribution in [0.4, 0.5) is 0 Å². The van der Waals surface area contributed by atoms with Crippen molar-refractivity contribution in [2.75, 3.05) is 40.8 Å². The number of fused-ring (bicyclic) bond motifs is 1. The Balaban J connectivity index is 2.17. The maximum atomic E-state index is 6.08. The Morgan fingerprint density at radius 3 is 2.57 bits per heavy atom. The first kappa shape index (κ1) is 16.0. The van der Waals surface area contributed by atoms with Crippen molar-refractivity contribution in [1.82, 2.24) is 15.1 Å².